The van der Waals surface area contributed by atoms with Gasteiger partial charge >= 0.3 is 0 Å². The Hall–Kier alpha value is -1.57. The molecule has 0 aromatic heterocycles. The van der Waals surface area contributed by atoms with Crippen LogP contribution in [0.4, 0.5) is 0 Å². The molecule has 136 valence electrons. The van der Waals surface area contributed by atoms with Gasteiger partial charge in [0.25, 0.3) is 0 Å². The molecule has 2 aliphatic rings. The van der Waals surface area contributed by atoms with E-state index < -0.39 is 11.6 Å². The Morgan fingerprint density at radius 1 is 1.33 bits per heavy atom. The summed E-state index contributed by atoms with van der Waals surface area (Å²) >= 11 is 0. The number of carboxylic acid groups (broad SMARTS) is 1. The molecule has 1 fully saturated rings. The average molecular weight is 340 g/mol. The van der Waals surface area contributed by atoms with E-state index in [0.717, 1.165) is 19.5 Å². The van der Waals surface area contributed by atoms with Gasteiger partial charge in [-0.2, -0.15) is 0 Å². The first-order valence-corrected chi connectivity index (χ1v) is 8.15. The van der Waals surface area contributed by atoms with Gasteiger partial charge in [-0.05, 0) is 18.1 Å². The van der Waals surface area contributed by atoms with Gasteiger partial charge in [0.05, 0.1) is 33.4 Å². The zero-order chi connectivity index (χ0) is 17.7. The lowest BCUT2D eigenvalue weighted by Crippen LogP contribution is -2.59. The molecule has 0 bridgehead atoms. The molecule has 2 unspecified atom stereocenters. The second-order valence-electron chi connectivity index (χ2n) is 5.90. The van der Waals surface area contributed by atoms with Crippen LogP contribution < -0.4 is 5.11 Å². The number of morpholine rings is 1. The summed E-state index contributed by atoms with van der Waals surface area (Å²) in [7, 11) is 4.61. The van der Waals surface area contributed by atoms with Crippen LogP contribution in [0.3, 0.4) is 0 Å². The van der Waals surface area contributed by atoms with E-state index in [9.17, 15) is 9.90 Å². The normalized spacial score (nSPS) is 26.8. The van der Waals surface area contributed by atoms with Crippen LogP contribution in [0, 0.1) is 0 Å². The van der Waals surface area contributed by atoms with Crippen LogP contribution in [0.15, 0.2) is 23.2 Å². The lowest BCUT2D eigenvalue weighted by Gasteiger charge is -2.48. The highest BCUT2D eigenvalue weighted by Gasteiger charge is 2.50. The fourth-order valence-electron chi connectivity index (χ4n) is 3.74. The summed E-state index contributed by atoms with van der Waals surface area (Å²) in [6.07, 6.45) is 2.38. The number of carbonyl (C=O) groups excluding carboxylic acids is 1. The smallest absolute Gasteiger partial charge is 0.171 e. The summed E-state index contributed by atoms with van der Waals surface area (Å²) in [6.45, 7) is 4.85. The number of methoxy groups -OCH3 is 3. The highest BCUT2D eigenvalue weighted by molar-refractivity contribution is 5.86. The van der Waals surface area contributed by atoms with E-state index in [4.69, 9.17) is 18.9 Å². The standard InChI is InChI=1S/C17H27NO6/c1-5-14(18-6-8-24-9-7-18)17(23-4)11-12(16(19)20)10-13(21-2)15(17)22-3/h10,14H,5-9,11H2,1-4H3,(H,19,20)/p-1. The molecular formula is C17H26NO6-. The van der Waals surface area contributed by atoms with Crippen molar-refractivity contribution in [3.63, 3.8) is 0 Å². The van der Waals surface area contributed by atoms with Crippen LogP contribution in [-0.4, -0.2) is 70.1 Å². The highest BCUT2D eigenvalue weighted by atomic mass is 16.6. The van der Waals surface area contributed by atoms with Crippen molar-refractivity contribution in [3.8, 4) is 0 Å². The van der Waals surface area contributed by atoms with Crippen molar-refractivity contribution < 1.29 is 28.8 Å². The number of ether oxygens (including phenoxy) is 4. The Labute approximate surface area is 142 Å². The number of carboxylic acids is 1. The first-order chi connectivity index (χ1) is 11.5. The summed E-state index contributed by atoms with van der Waals surface area (Å²) in [5, 5.41) is 11.5. The third-order valence-electron chi connectivity index (χ3n) is 4.83. The molecule has 1 saturated heterocycles. The second kappa shape index (κ2) is 8.00. The summed E-state index contributed by atoms with van der Waals surface area (Å²) in [5.74, 6) is -0.356. The Morgan fingerprint density at radius 3 is 2.46 bits per heavy atom. The van der Waals surface area contributed by atoms with Crippen molar-refractivity contribution in [2.75, 3.05) is 47.6 Å². The SMILES string of the molecule is CCC(N1CCOCC1)C1(OC)CC(C(=O)[O-])=CC(OC)=C1OC. The zero-order valence-corrected chi connectivity index (χ0v) is 14.8. The molecule has 0 radical (unpaired) electrons. The molecule has 2 atom stereocenters. The van der Waals surface area contributed by atoms with E-state index in [1.807, 2.05) is 0 Å². The maximum atomic E-state index is 11.5. The molecule has 7 heteroatoms. The predicted octanol–water partition coefficient (Wildman–Crippen LogP) is 0.0668. The van der Waals surface area contributed by atoms with E-state index >= 15 is 0 Å². The van der Waals surface area contributed by atoms with Crippen LogP contribution in [0.2, 0.25) is 0 Å². The topological polar surface area (TPSA) is 80.3 Å². The predicted molar refractivity (Wildman–Crippen MR) is 85.0 cm³/mol. The fourth-order valence-corrected chi connectivity index (χ4v) is 3.74. The van der Waals surface area contributed by atoms with Crippen LogP contribution in [0.5, 0.6) is 0 Å². The van der Waals surface area contributed by atoms with Crippen molar-refractivity contribution in [3.05, 3.63) is 23.2 Å². The number of hydrogen-bond donors (Lipinski definition) is 0. The molecule has 0 spiro atoms. The van der Waals surface area contributed by atoms with Crippen LogP contribution in [0.25, 0.3) is 0 Å². The lowest BCUT2D eigenvalue weighted by molar-refractivity contribution is -0.300. The molecule has 1 aliphatic heterocycles. The first-order valence-electron chi connectivity index (χ1n) is 8.15. The zero-order valence-electron chi connectivity index (χ0n) is 14.8. The minimum atomic E-state index is -1.22. The Balaban J connectivity index is 2.51. The van der Waals surface area contributed by atoms with Gasteiger partial charge in [0.2, 0.25) is 0 Å². The van der Waals surface area contributed by atoms with Crippen molar-refractivity contribution >= 4 is 5.97 Å². The number of allylic oxidation sites excluding steroid dienone is 1. The maximum Gasteiger partial charge on any atom is 0.171 e. The maximum absolute atomic E-state index is 11.5. The number of nitrogens with zero attached hydrogens (tertiary/aromatic N) is 1. The average Bonchev–Trinajstić information content (AvgIpc) is 2.62. The van der Waals surface area contributed by atoms with E-state index in [-0.39, 0.29) is 18.0 Å². The quantitative estimate of drug-likeness (QED) is 0.648. The summed E-state index contributed by atoms with van der Waals surface area (Å²) in [5.41, 5.74) is -0.808. The van der Waals surface area contributed by atoms with Crippen LogP contribution in [-0.2, 0) is 23.7 Å². The fraction of sp³-hybridized carbons (Fsp3) is 0.706. The van der Waals surface area contributed by atoms with Crippen LogP contribution in [0.1, 0.15) is 19.8 Å². The third-order valence-corrected chi connectivity index (χ3v) is 4.83. The molecule has 0 saturated carbocycles. The van der Waals surface area contributed by atoms with Crippen molar-refractivity contribution in [2.24, 2.45) is 0 Å². The molecule has 1 aliphatic carbocycles. The largest absolute Gasteiger partial charge is 0.545 e. The summed E-state index contributed by atoms with van der Waals surface area (Å²) in [6, 6.07) is -0.0745. The molecule has 2 rings (SSSR count). The van der Waals surface area contributed by atoms with Gasteiger partial charge in [-0.3, -0.25) is 4.90 Å². The van der Waals surface area contributed by atoms with Crippen molar-refractivity contribution in [1.29, 1.82) is 0 Å². The molecular weight excluding hydrogens is 314 g/mol. The first kappa shape index (κ1) is 18.8. The van der Waals surface area contributed by atoms with E-state index in [2.05, 4.69) is 11.8 Å². The number of carbonyl (C=O) groups is 1. The van der Waals surface area contributed by atoms with E-state index in [0.29, 0.717) is 24.7 Å². The Bertz CT molecular complexity index is 523. The third kappa shape index (κ3) is 3.29. The molecule has 0 N–H and O–H groups in total. The highest BCUT2D eigenvalue weighted by Crippen LogP contribution is 2.42. The minimum absolute atomic E-state index is 0.0745. The minimum Gasteiger partial charge on any atom is -0.545 e. The molecule has 1 heterocycles. The van der Waals surface area contributed by atoms with E-state index in [1.54, 1.807) is 14.2 Å². The van der Waals surface area contributed by atoms with E-state index in [1.165, 1.54) is 13.2 Å². The number of hydrogen-bond acceptors (Lipinski definition) is 7. The molecule has 0 aromatic rings. The van der Waals surface area contributed by atoms with Gasteiger partial charge in [0.15, 0.2) is 11.5 Å². The van der Waals surface area contributed by atoms with Crippen molar-refractivity contribution in [2.45, 2.75) is 31.4 Å². The number of rotatable bonds is 7. The number of aliphatic carboxylic acids is 1. The van der Waals surface area contributed by atoms with Gasteiger partial charge in [-0.25, -0.2) is 0 Å². The molecule has 0 aromatic carbocycles. The van der Waals surface area contributed by atoms with Gasteiger partial charge in [0, 0.05) is 32.7 Å². The Kier molecular flexibility index (Phi) is 6.26. The molecule has 0 amide bonds. The van der Waals surface area contributed by atoms with Crippen molar-refractivity contribution in [1.82, 2.24) is 4.90 Å². The Morgan fingerprint density at radius 2 is 2.00 bits per heavy atom. The summed E-state index contributed by atoms with van der Waals surface area (Å²) in [4.78, 5) is 13.8. The summed E-state index contributed by atoms with van der Waals surface area (Å²) < 4.78 is 22.4. The van der Waals surface area contributed by atoms with Gasteiger partial charge in [-0.1, -0.05) is 6.92 Å². The lowest BCUT2D eigenvalue weighted by atomic mass is 9.78. The molecule has 24 heavy (non-hydrogen) atoms. The van der Waals surface area contributed by atoms with Crippen LogP contribution >= 0.6 is 0 Å². The van der Waals surface area contributed by atoms with Gasteiger partial charge < -0.3 is 28.8 Å². The van der Waals surface area contributed by atoms with Gasteiger partial charge in [-0.15, -0.1) is 0 Å². The second-order valence-corrected chi connectivity index (χ2v) is 5.90. The molecule has 7 nitrogen and oxygen atoms in total. The van der Waals surface area contributed by atoms with Gasteiger partial charge in [0.1, 0.15) is 5.60 Å². The monoisotopic (exact) mass is 340 g/mol.